The van der Waals surface area contributed by atoms with Gasteiger partial charge in [-0.15, -0.1) is 0 Å². The number of likely N-dealkylation sites (tertiary alicyclic amines) is 1. The maximum atomic E-state index is 13.5. The van der Waals surface area contributed by atoms with Crippen LogP contribution in [0.15, 0.2) is 54.6 Å². The van der Waals surface area contributed by atoms with Gasteiger partial charge in [0, 0.05) is 30.6 Å². The van der Waals surface area contributed by atoms with E-state index in [1.165, 1.54) is 0 Å². The molecule has 2 aromatic carbocycles. The molecule has 8 heteroatoms. The van der Waals surface area contributed by atoms with Crippen LogP contribution < -0.4 is 15.2 Å². The van der Waals surface area contributed by atoms with Gasteiger partial charge in [-0.2, -0.15) is 5.10 Å². The first-order valence-corrected chi connectivity index (χ1v) is 10.5. The molecular weight excluding hydrogens is 408 g/mol. The molecule has 2 amide bonds. The van der Waals surface area contributed by atoms with Crippen molar-refractivity contribution in [2.45, 2.75) is 12.8 Å². The van der Waals surface area contributed by atoms with Gasteiger partial charge in [-0.05, 0) is 43.2 Å². The number of aromatic nitrogens is 2. The minimum absolute atomic E-state index is 0.136. The molecule has 1 aliphatic rings. The van der Waals surface area contributed by atoms with Crippen LogP contribution in [-0.2, 0) is 4.79 Å². The van der Waals surface area contributed by atoms with E-state index in [1.807, 2.05) is 42.5 Å². The summed E-state index contributed by atoms with van der Waals surface area (Å²) in [5.41, 5.74) is 8.03. The van der Waals surface area contributed by atoms with E-state index in [9.17, 15) is 9.59 Å². The van der Waals surface area contributed by atoms with Gasteiger partial charge in [0.1, 0.15) is 17.2 Å². The summed E-state index contributed by atoms with van der Waals surface area (Å²) in [5, 5.41) is 4.75. The molecule has 4 rings (SSSR count). The lowest BCUT2D eigenvalue weighted by atomic mass is 9.96. The number of nitrogens with two attached hydrogens (primary N) is 1. The molecule has 0 radical (unpaired) electrons. The van der Waals surface area contributed by atoms with Crippen LogP contribution in [0.5, 0.6) is 11.5 Å². The second-order valence-corrected chi connectivity index (χ2v) is 7.70. The Hall–Kier alpha value is -3.81. The molecule has 0 unspecified atom stereocenters. The Labute approximate surface area is 186 Å². The summed E-state index contributed by atoms with van der Waals surface area (Å²) in [4.78, 5) is 26.7. The highest BCUT2D eigenvalue weighted by Crippen LogP contribution is 2.34. The SMILES string of the molecule is COc1ccc(-c2cc(C(=O)N3CCC(C(N)=O)CC3)n(-c3ccccc3)n2)c(OC)c1. The summed E-state index contributed by atoms with van der Waals surface area (Å²) in [6.45, 7) is 0.960. The Kier molecular flexibility index (Phi) is 6.11. The molecule has 0 aliphatic carbocycles. The quantitative estimate of drug-likeness (QED) is 0.643. The molecule has 2 N–H and O–H groups in total. The van der Waals surface area contributed by atoms with Crippen LogP contribution in [0.1, 0.15) is 23.3 Å². The van der Waals surface area contributed by atoms with Gasteiger partial charge in [-0.3, -0.25) is 9.59 Å². The number of amides is 2. The third-order valence-corrected chi connectivity index (χ3v) is 5.80. The molecule has 32 heavy (non-hydrogen) atoms. The van der Waals surface area contributed by atoms with E-state index in [4.69, 9.17) is 20.3 Å². The van der Waals surface area contributed by atoms with E-state index >= 15 is 0 Å². The number of hydrogen-bond donors (Lipinski definition) is 1. The zero-order valence-corrected chi connectivity index (χ0v) is 18.2. The monoisotopic (exact) mass is 434 g/mol. The maximum absolute atomic E-state index is 13.5. The molecular formula is C24H26N4O4. The van der Waals surface area contributed by atoms with Crippen molar-refractivity contribution in [3.63, 3.8) is 0 Å². The predicted octanol–water partition coefficient (Wildman–Crippen LogP) is 2.89. The number of benzene rings is 2. The summed E-state index contributed by atoms with van der Waals surface area (Å²) in [6.07, 6.45) is 1.14. The van der Waals surface area contributed by atoms with Crippen molar-refractivity contribution in [2.75, 3.05) is 27.3 Å². The van der Waals surface area contributed by atoms with Gasteiger partial charge in [0.15, 0.2) is 0 Å². The summed E-state index contributed by atoms with van der Waals surface area (Å²) >= 11 is 0. The van der Waals surface area contributed by atoms with E-state index < -0.39 is 0 Å². The standard InChI is InChI=1S/C24H26N4O4/c1-31-18-8-9-19(22(14-18)32-2)20-15-21(28(26-20)17-6-4-3-5-7-17)24(30)27-12-10-16(11-13-27)23(25)29/h3-9,14-16H,10-13H2,1-2H3,(H2,25,29). The molecule has 0 atom stereocenters. The summed E-state index contributed by atoms with van der Waals surface area (Å²) in [6, 6.07) is 16.8. The number of methoxy groups -OCH3 is 2. The molecule has 166 valence electrons. The van der Waals surface area contributed by atoms with Crippen molar-refractivity contribution in [3.8, 4) is 28.4 Å². The summed E-state index contributed by atoms with van der Waals surface area (Å²) < 4.78 is 12.5. The number of carbonyl (C=O) groups excluding carboxylic acids is 2. The molecule has 1 fully saturated rings. The highest BCUT2D eigenvalue weighted by molar-refractivity contribution is 5.95. The molecule has 8 nitrogen and oxygen atoms in total. The van der Waals surface area contributed by atoms with Gasteiger partial charge in [0.2, 0.25) is 5.91 Å². The minimum Gasteiger partial charge on any atom is -0.497 e. The van der Waals surface area contributed by atoms with Crippen LogP contribution in [0.3, 0.4) is 0 Å². The first-order chi connectivity index (χ1) is 15.5. The number of primary amides is 1. The summed E-state index contributed by atoms with van der Waals surface area (Å²) in [7, 11) is 3.18. The van der Waals surface area contributed by atoms with Gasteiger partial charge in [-0.1, -0.05) is 18.2 Å². The predicted molar refractivity (Wildman–Crippen MR) is 120 cm³/mol. The van der Waals surface area contributed by atoms with Crippen molar-refractivity contribution >= 4 is 11.8 Å². The average molecular weight is 434 g/mol. The van der Waals surface area contributed by atoms with Crippen molar-refractivity contribution in [3.05, 3.63) is 60.3 Å². The van der Waals surface area contributed by atoms with Gasteiger partial charge >= 0.3 is 0 Å². The van der Waals surface area contributed by atoms with E-state index in [2.05, 4.69) is 0 Å². The lowest BCUT2D eigenvalue weighted by Crippen LogP contribution is -2.42. The highest BCUT2D eigenvalue weighted by Gasteiger charge is 2.29. The first kappa shape index (κ1) is 21.4. The van der Waals surface area contributed by atoms with Gasteiger partial charge < -0.3 is 20.1 Å². The Morgan fingerprint density at radius 3 is 2.34 bits per heavy atom. The van der Waals surface area contributed by atoms with Crippen molar-refractivity contribution in [1.82, 2.24) is 14.7 Å². The first-order valence-electron chi connectivity index (χ1n) is 10.5. The zero-order chi connectivity index (χ0) is 22.7. The molecule has 1 aromatic heterocycles. The van der Waals surface area contributed by atoms with Gasteiger partial charge in [0.25, 0.3) is 5.91 Å². The van der Waals surface area contributed by atoms with Crippen LogP contribution >= 0.6 is 0 Å². The highest BCUT2D eigenvalue weighted by atomic mass is 16.5. The van der Waals surface area contributed by atoms with Gasteiger partial charge in [-0.25, -0.2) is 4.68 Å². The van der Waals surface area contributed by atoms with E-state index in [0.29, 0.717) is 48.8 Å². The normalized spacial score (nSPS) is 14.2. The molecule has 1 aliphatic heterocycles. The fraction of sp³-hybridized carbons (Fsp3) is 0.292. The number of hydrogen-bond acceptors (Lipinski definition) is 5. The topological polar surface area (TPSA) is 99.7 Å². The molecule has 1 saturated heterocycles. The minimum atomic E-state index is -0.305. The fourth-order valence-electron chi connectivity index (χ4n) is 3.97. The van der Waals surface area contributed by atoms with Crippen molar-refractivity contribution < 1.29 is 19.1 Å². The Bertz CT molecular complexity index is 1120. The average Bonchev–Trinajstić information content (AvgIpc) is 3.29. The van der Waals surface area contributed by atoms with Crippen LogP contribution in [0.4, 0.5) is 0 Å². The van der Waals surface area contributed by atoms with Crippen molar-refractivity contribution in [2.24, 2.45) is 11.7 Å². The number of ether oxygens (including phenoxy) is 2. The number of piperidine rings is 1. The number of carbonyl (C=O) groups is 2. The molecule has 3 aromatic rings. The number of nitrogens with zero attached hydrogens (tertiary/aromatic N) is 3. The number of rotatable bonds is 6. The Balaban J connectivity index is 1.73. The third-order valence-electron chi connectivity index (χ3n) is 5.80. The van der Waals surface area contributed by atoms with Crippen LogP contribution in [0.25, 0.3) is 16.9 Å². The maximum Gasteiger partial charge on any atom is 0.272 e. The second-order valence-electron chi connectivity index (χ2n) is 7.70. The third kappa shape index (κ3) is 4.16. The van der Waals surface area contributed by atoms with E-state index in [0.717, 1.165) is 11.3 Å². The molecule has 0 spiro atoms. The zero-order valence-electron chi connectivity index (χ0n) is 18.2. The molecule has 2 heterocycles. The van der Waals surface area contributed by atoms with E-state index in [1.54, 1.807) is 35.9 Å². The smallest absolute Gasteiger partial charge is 0.272 e. The molecule has 0 bridgehead atoms. The lowest BCUT2D eigenvalue weighted by molar-refractivity contribution is -0.123. The fourth-order valence-corrected chi connectivity index (χ4v) is 3.97. The Morgan fingerprint density at radius 2 is 1.72 bits per heavy atom. The Morgan fingerprint density at radius 1 is 1.00 bits per heavy atom. The summed E-state index contributed by atoms with van der Waals surface area (Å²) in [5.74, 6) is 0.644. The van der Waals surface area contributed by atoms with Crippen molar-refractivity contribution in [1.29, 1.82) is 0 Å². The van der Waals surface area contributed by atoms with Crippen LogP contribution in [0, 0.1) is 5.92 Å². The largest absolute Gasteiger partial charge is 0.497 e. The van der Waals surface area contributed by atoms with Crippen LogP contribution in [-0.4, -0.2) is 53.8 Å². The van der Waals surface area contributed by atoms with Gasteiger partial charge in [0.05, 0.1) is 25.6 Å². The van der Waals surface area contributed by atoms with E-state index in [-0.39, 0.29) is 17.7 Å². The number of para-hydroxylation sites is 1. The molecule has 0 saturated carbocycles. The second kappa shape index (κ2) is 9.13. The lowest BCUT2D eigenvalue weighted by Gasteiger charge is -2.30. The van der Waals surface area contributed by atoms with Crippen LogP contribution in [0.2, 0.25) is 0 Å².